The van der Waals surface area contributed by atoms with Crippen molar-refractivity contribution in [1.82, 2.24) is 25.9 Å². The highest BCUT2D eigenvalue weighted by atomic mass is 16.4. The van der Waals surface area contributed by atoms with Crippen molar-refractivity contribution < 1.29 is 34.2 Å². The molecule has 0 aliphatic carbocycles. The SMILES string of the molecule is CC(C)CC(NC(=O)C(CC(N)=O)NC(=O)C(Cc1ccc(O)cc1)NC(=O)C(N)Cc1cnc[nH]1)C(=O)O. The van der Waals surface area contributed by atoms with Crippen LogP contribution in [0, 0.1) is 5.92 Å². The number of phenols is 1. The van der Waals surface area contributed by atoms with Gasteiger partial charge in [0.1, 0.15) is 23.9 Å². The van der Waals surface area contributed by atoms with Crippen molar-refractivity contribution in [3.8, 4) is 5.75 Å². The maximum Gasteiger partial charge on any atom is 0.326 e. The fourth-order valence-electron chi connectivity index (χ4n) is 3.73. The van der Waals surface area contributed by atoms with E-state index in [-0.39, 0.29) is 30.9 Å². The van der Waals surface area contributed by atoms with Crippen molar-refractivity contribution in [3.05, 3.63) is 48.0 Å². The first-order valence-electron chi connectivity index (χ1n) is 12.3. The van der Waals surface area contributed by atoms with Crippen molar-refractivity contribution >= 4 is 29.6 Å². The van der Waals surface area contributed by atoms with Crippen LogP contribution in [-0.2, 0) is 36.8 Å². The Morgan fingerprint density at radius 3 is 2.05 bits per heavy atom. The fraction of sp³-hybridized carbons (Fsp3) is 0.440. The standard InChI is InChI=1S/C25H35N7O7/c1-13(2)7-20(25(38)39)32-24(37)19(10-21(27)34)31-23(36)18(8-14-3-5-16(33)6-4-14)30-22(35)17(26)9-15-11-28-12-29-15/h3-6,11-13,17-20,33H,7-10,26H2,1-2H3,(H2,27,34)(H,28,29)(H,30,35)(H,31,36)(H,32,37)(H,38,39). The largest absolute Gasteiger partial charge is 0.508 e. The number of nitrogens with one attached hydrogen (secondary N) is 4. The lowest BCUT2D eigenvalue weighted by Gasteiger charge is -2.25. The Hall–Kier alpha value is -4.46. The first kappa shape index (κ1) is 30.8. The van der Waals surface area contributed by atoms with Crippen molar-refractivity contribution in [2.24, 2.45) is 17.4 Å². The predicted molar refractivity (Wildman–Crippen MR) is 139 cm³/mol. The number of nitrogens with zero attached hydrogens (tertiary/aromatic N) is 1. The molecular formula is C25H35N7O7. The quantitative estimate of drug-likeness (QED) is 0.132. The molecule has 0 aliphatic rings. The molecule has 1 aromatic heterocycles. The summed E-state index contributed by atoms with van der Waals surface area (Å²) in [5.41, 5.74) is 12.4. The number of rotatable bonds is 15. The van der Waals surface area contributed by atoms with Gasteiger partial charge in [0.05, 0.1) is 18.8 Å². The third-order valence-corrected chi connectivity index (χ3v) is 5.70. The zero-order chi connectivity index (χ0) is 29.1. The summed E-state index contributed by atoms with van der Waals surface area (Å²) in [6.07, 6.45) is 2.51. The molecule has 14 heteroatoms. The van der Waals surface area contributed by atoms with Crippen LogP contribution in [-0.4, -0.2) is 73.9 Å². The van der Waals surface area contributed by atoms with Gasteiger partial charge in [0.2, 0.25) is 23.6 Å². The third-order valence-electron chi connectivity index (χ3n) is 5.70. The number of aromatic nitrogens is 2. The zero-order valence-corrected chi connectivity index (χ0v) is 21.7. The molecule has 0 bridgehead atoms. The minimum Gasteiger partial charge on any atom is -0.508 e. The van der Waals surface area contributed by atoms with E-state index in [0.29, 0.717) is 11.3 Å². The fourth-order valence-corrected chi connectivity index (χ4v) is 3.73. The van der Waals surface area contributed by atoms with E-state index in [9.17, 15) is 34.2 Å². The van der Waals surface area contributed by atoms with Crippen LogP contribution >= 0.6 is 0 Å². The van der Waals surface area contributed by atoms with E-state index in [0.717, 1.165) is 0 Å². The lowest BCUT2D eigenvalue weighted by Crippen LogP contribution is -2.58. The molecule has 14 nitrogen and oxygen atoms in total. The smallest absolute Gasteiger partial charge is 0.326 e. The van der Waals surface area contributed by atoms with Crippen LogP contribution in [0.5, 0.6) is 5.75 Å². The molecule has 2 aromatic rings. The number of benzene rings is 1. The normalized spacial score (nSPS) is 14.1. The number of H-pyrrole nitrogens is 1. The summed E-state index contributed by atoms with van der Waals surface area (Å²) in [6.45, 7) is 3.55. The Bertz CT molecular complexity index is 1140. The van der Waals surface area contributed by atoms with Gasteiger partial charge in [0, 0.05) is 24.7 Å². The summed E-state index contributed by atoms with van der Waals surface area (Å²) >= 11 is 0. The number of primary amides is 1. The third kappa shape index (κ3) is 10.4. The van der Waals surface area contributed by atoms with Gasteiger partial charge in [0.25, 0.3) is 0 Å². The molecule has 1 aromatic carbocycles. The Morgan fingerprint density at radius 2 is 1.51 bits per heavy atom. The van der Waals surface area contributed by atoms with Crippen LogP contribution in [0.25, 0.3) is 0 Å². The molecule has 0 spiro atoms. The van der Waals surface area contributed by atoms with Crippen molar-refractivity contribution in [1.29, 1.82) is 0 Å². The van der Waals surface area contributed by atoms with Crippen LogP contribution in [0.4, 0.5) is 0 Å². The van der Waals surface area contributed by atoms with E-state index < -0.39 is 60.2 Å². The highest BCUT2D eigenvalue weighted by Gasteiger charge is 2.31. The minimum absolute atomic E-state index is 0.00191. The van der Waals surface area contributed by atoms with Gasteiger partial charge in [-0.2, -0.15) is 0 Å². The molecule has 4 atom stereocenters. The zero-order valence-electron chi connectivity index (χ0n) is 21.7. The average Bonchev–Trinajstić information content (AvgIpc) is 3.36. The van der Waals surface area contributed by atoms with Gasteiger partial charge in [-0.25, -0.2) is 9.78 Å². The molecule has 2 rings (SSSR count). The van der Waals surface area contributed by atoms with Gasteiger partial charge in [0.15, 0.2) is 0 Å². The number of carbonyl (C=O) groups excluding carboxylic acids is 4. The molecule has 0 fully saturated rings. The number of aliphatic carboxylic acids is 1. The Morgan fingerprint density at radius 1 is 0.923 bits per heavy atom. The number of amides is 4. The van der Waals surface area contributed by atoms with E-state index in [4.69, 9.17) is 11.5 Å². The summed E-state index contributed by atoms with van der Waals surface area (Å²) in [6, 6.07) is 0.855. The second-order valence-electron chi connectivity index (χ2n) is 9.58. The Labute approximate surface area is 224 Å². The second-order valence-corrected chi connectivity index (χ2v) is 9.58. The molecule has 4 amide bonds. The van der Waals surface area contributed by atoms with Crippen molar-refractivity contribution in [2.45, 2.75) is 63.7 Å². The van der Waals surface area contributed by atoms with Crippen molar-refractivity contribution in [3.63, 3.8) is 0 Å². The van der Waals surface area contributed by atoms with Gasteiger partial charge in [-0.1, -0.05) is 26.0 Å². The molecule has 0 radical (unpaired) electrons. The van der Waals surface area contributed by atoms with Crippen LogP contribution < -0.4 is 27.4 Å². The van der Waals surface area contributed by atoms with Gasteiger partial charge in [-0.3, -0.25) is 19.2 Å². The maximum absolute atomic E-state index is 13.3. The molecule has 0 saturated heterocycles. The topological polar surface area (TPSA) is 243 Å². The summed E-state index contributed by atoms with van der Waals surface area (Å²) in [7, 11) is 0. The van der Waals surface area contributed by atoms with E-state index in [1.54, 1.807) is 26.0 Å². The number of hydrogen-bond donors (Lipinski definition) is 8. The molecular weight excluding hydrogens is 510 g/mol. The number of nitrogens with two attached hydrogens (primary N) is 2. The summed E-state index contributed by atoms with van der Waals surface area (Å²) < 4.78 is 0. The summed E-state index contributed by atoms with van der Waals surface area (Å²) in [4.78, 5) is 69.0. The summed E-state index contributed by atoms with van der Waals surface area (Å²) in [5, 5.41) is 26.3. The summed E-state index contributed by atoms with van der Waals surface area (Å²) in [5.74, 6) is -4.66. The number of carboxylic acid groups (broad SMARTS) is 1. The number of hydrogen-bond acceptors (Lipinski definition) is 8. The highest BCUT2D eigenvalue weighted by molar-refractivity contribution is 5.96. The Balaban J connectivity index is 2.23. The van der Waals surface area contributed by atoms with Crippen molar-refractivity contribution in [2.75, 3.05) is 0 Å². The first-order chi connectivity index (χ1) is 18.3. The number of imidazole rings is 1. The van der Waals surface area contributed by atoms with Gasteiger partial charge >= 0.3 is 5.97 Å². The van der Waals surface area contributed by atoms with Gasteiger partial charge in [-0.15, -0.1) is 0 Å². The molecule has 0 saturated carbocycles. The molecule has 4 unspecified atom stereocenters. The van der Waals surface area contributed by atoms with Gasteiger partial charge < -0.3 is 42.6 Å². The monoisotopic (exact) mass is 545 g/mol. The number of carbonyl (C=O) groups is 5. The second kappa shape index (κ2) is 14.5. The van der Waals surface area contributed by atoms with E-state index in [1.807, 2.05) is 0 Å². The lowest BCUT2D eigenvalue weighted by molar-refractivity contribution is -0.143. The lowest BCUT2D eigenvalue weighted by atomic mass is 10.0. The van der Waals surface area contributed by atoms with Gasteiger partial charge in [-0.05, 0) is 30.0 Å². The predicted octanol–water partition coefficient (Wildman–Crippen LogP) is -1.31. The number of phenolic OH excluding ortho intramolecular Hbond substituents is 1. The minimum atomic E-state index is -1.50. The number of aromatic hydroxyl groups is 1. The first-order valence-corrected chi connectivity index (χ1v) is 12.3. The van der Waals surface area contributed by atoms with Crippen LogP contribution in [0.2, 0.25) is 0 Å². The molecule has 1 heterocycles. The molecule has 212 valence electrons. The highest BCUT2D eigenvalue weighted by Crippen LogP contribution is 2.12. The van der Waals surface area contributed by atoms with E-state index in [1.165, 1.54) is 24.7 Å². The Kier molecular flexibility index (Phi) is 11.4. The number of aromatic amines is 1. The molecule has 39 heavy (non-hydrogen) atoms. The molecule has 10 N–H and O–H groups in total. The van der Waals surface area contributed by atoms with Crippen LogP contribution in [0.3, 0.4) is 0 Å². The number of carboxylic acids is 1. The maximum atomic E-state index is 13.3. The van der Waals surface area contributed by atoms with Crippen LogP contribution in [0.1, 0.15) is 37.9 Å². The van der Waals surface area contributed by atoms with E-state index in [2.05, 4.69) is 25.9 Å². The molecule has 0 aliphatic heterocycles. The van der Waals surface area contributed by atoms with E-state index >= 15 is 0 Å². The average molecular weight is 546 g/mol. The van der Waals surface area contributed by atoms with Crippen LogP contribution in [0.15, 0.2) is 36.8 Å².